The molecule has 0 fully saturated rings. The van der Waals surface area contributed by atoms with E-state index in [0.717, 1.165) is 31.6 Å². The van der Waals surface area contributed by atoms with E-state index in [0.29, 0.717) is 5.92 Å². The molecular formula is C17H29NO. The molecule has 2 heteroatoms. The Labute approximate surface area is 118 Å². The molecule has 108 valence electrons. The van der Waals surface area contributed by atoms with Crippen LogP contribution < -0.4 is 10.5 Å². The summed E-state index contributed by atoms with van der Waals surface area (Å²) in [6.45, 7) is 11.6. The first-order valence-electron chi connectivity index (χ1n) is 7.43. The fourth-order valence-corrected chi connectivity index (χ4v) is 2.53. The second-order valence-electron chi connectivity index (χ2n) is 5.84. The Morgan fingerprint density at radius 1 is 1.16 bits per heavy atom. The van der Waals surface area contributed by atoms with Crippen molar-refractivity contribution in [1.82, 2.24) is 0 Å². The van der Waals surface area contributed by atoms with Crippen LogP contribution in [-0.4, -0.2) is 12.6 Å². The highest BCUT2D eigenvalue weighted by Crippen LogP contribution is 2.26. The lowest BCUT2D eigenvalue weighted by Crippen LogP contribution is -2.19. The zero-order valence-electron chi connectivity index (χ0n) is 13.1. The normalized spacial score (nSPS) is 14.2. The van der Waals surface area contributed by atoms with Crippen molar-refractivity contribution >= 4 is 0 Å². The lowest BCUT2D eigenvalue weighted by atomic mass is 9.91. The van der Waals surface area contributed by atoms with Crippen LogP contribution in [0.1, 0.15) is 50.3 Å². The molecule has 0 aliphatic heterocycles. The second kappa shape index (κ2) is 7.54. The first-order valence-corrected chi connectivity index (χ1v) is 7.43. The van der Waals surface area contributed by atoms with Crippen LogP contribution in [0.4, 0.5) is 0 Å². The maximum atomic E-state index is 5.87. The van der Waals surface area contributed by atoms with Crippen LogP contribution in [0.2, 0.25) is 0 Å². The van der Waals surface area contributed by atoms with Gasteiger partial charge in [0.15, 0.2) is 0 Å². The van der Waals surface area contributed by atoms with Gasteiger partial charge in [0.2, 0.25) is 0 Å². The summed E-state index contributed by atoms with van der Waals surface area (Å²) >= 11 is 0. The molecule has 0 aliphatic carbocycles. The van der Waals surface area contributed by atoms with Gasteiger partial charge in [0.1, 0.15) is 5.75 Å². The van der Waals surface area contributed by atoms with Gasteiger partial charge in [-0.05, 0) is 68.7 Å². The standard InChI is InChI=1S/C17H29NO/c1-6-9-19-17-8-7-16(14(4)15(17)5)11-12(2)10-13(3)18/h7-8,12-13H,6,9-11,18H2,1-5H3. The fraction of sp³-hybridized carbons (Fsp3) is 0.647. The Kier molecular flexibility index (Phi) is 6.36. The number of benzene rings is 1. The van der Waals surface area contributed by atoms with E-state index in [1.165, 1.54) is 16.7 Å². The molecule has 2 nitrogen and oxygen atoms in total. The van der Waals surface area contributed by atoms with Crippen molar-refractivity contribution in [3.8, 4) is 5.75 Å². The van der Waals surface area contributed by atoms with Gasteiger partial charge >= 0.3 is 0 Å². The van der Waals surface area contributed by atoms with E-state index in [4.69, 9.17) is 10.5 Å². The lowest BCUT2D eigenvalue weighted by molar-refractivity contribution is 0.315. The molecule has 0 spiro atoms. The lowest BCUT2D eigenvalue weighted by Gasteiger charge is -2.18. The summed E-state index contributed by atoms with van der Waals surface area (Å²) in [5.74, 6) is 1.66. The van der Waals surface area contributed by atoms with E-state index in [1.807, 2.05) is 0 Å². The molecular weight excluding hydrogens is 234 g/mol. The minimum Gasteiger partial charge on any atom is -0.493 e. The van der Waals surface area contributed by atoms with Crippen molar-refractivity contribution in [2.24, 2.45) is 11.7 Å². The van der Waals surface area contributed by atoms with Crippen LogP contribution in [0.5, 0.6) is 5.75 Å². The summed E-state index contributed by atoms with van der Waals surface area (Å²) in [7, 11) is 0. The van der Waals surface area contributed by atoms with Crippen LogP contribution in [-0.2, 0) is 6.42 Å². The van der Waals surface area contributed by atoms with Gasteiger partial charge in [-0.25, -0.2) is 0 Å². The number of hydrogen-bond acceptors (Lipinski definition) is 2. The Morgan fingerprint density at radius 2 is 1.84 bits per heavy atom. The van der Waals surface area contributed by atoms with Crippen LogP contribution in [0.25, 0.3) is 0 Å². The highest BCUT2D eigenvalue weighted by molar-refractivity contribution is 5.43. The Hall–Kier alpha value is -1.02. The second-order valence-corrected chi connectivity index (χ2v) is 5.84. The highest BCUT2D eigenvalue weighted by atomic mass is 16.5. The van der Waals surface area contributed by atoms with Crippen LogP contribution in [0.15, 0.2) is 12.1 Å². The van der Waals surface area contributed by atoms with Gasteiger partial charge in [-0.2, -0.15) is 0 Å². The minimum absolute atomic E-state index is 0.281. The van der Waals surface area contributed by atoms with Crippen LogP contribution in [0, 0.1) is 19.8 Å². The van der Waals surface area contributed by atoms with E-state index >= 15 is 0 Å². The van der Waals surface area contributed by atoms with Gasteiger partial charge in [-0.3, -0.25) is 0 Å². The van der Waals surface area contributed by atoms with Gasteiger partial charge in [0.25, 0.3) is 0 Å². The maximum Gasteiger partial charge on any atom is 0.122 e. The van der Waals surface area contributed by atoms with E-state index in [9.17, 15) is 0 Å². The Bertz CT molecular complexity index is 398. The smallest absolute Gasteiger partial charge is 0.122 e. The Balaban J connectivity index is 2.78. The maximum absolute atomic E-state index is 5.87. The van der Waals surface area contributed by atoms with Gasteiger partial charge in [0, 0.05) is 6.04 Å². The molecule has 2 N–H and O–H groups in total. The SMILES string of the molecule is CCCOc1ccc(CC(C)CC(C)N)c(C)c1C. The number of nitrogens with two attached hydrogens (primary N) is 1. The predicted molar refractivity (Wildman–Crippen MR) is 82.8 cm³/mol. The van der Waals surface area contributed by atoms with Crippen LogP contribution in [0.3, 0.4) is 0 Å². The van der Waals surface area contributed by atoms with E-state index in [-0.39, 0.29) is 6.04 Å². The summed E-state index contributed by atoms with van der Waals surface area (Å²) in [4.78, 5) is 0. The van der Waals surface area contributed by atoms with Gasteiger partial charge in [-0.15, -0.1) is 0 Å². The monoisotopic (exact) mass is 263 g/mol. The summed E-state index contributed by atoms with van der Waals surface area (Å²) in [6, 6.07) is 4.61. The number of ether oxygens (including phenoxy) is 1. The molecule has 0 bridgehead atoms. The third-order valence-corrected chi connectivity index (χ3v) is 3.65. The molecule has 1 rings (SSSR count). The van der Waals surface area contributed by atoms with Crippen molar-refractivity contribution in [3.05, 3.63) is 28.8 Å². The van der Waals surface area contributed by atoms with E-state index in [2.05, 4.69) is 46.8 Å². The average Bonchev–Trinajstić information content (AvgIpc) is 2.33. The molecule has 2 atom stereocenters. The third-order valence-electron chi connectivity index (χ3n) is 3.65. The minimum atomic E-state index is 0.281. The molecule has 1 aromatic rings. The third kappa shape index (κ3) is 4.87. The molecule has 0 saturated carbocycles. The summed E-state index contributed by atoms with van der Waals surface area (Å²) < 4.78 is 5.77. The molecule has 0 radical (unpaired) electrons. The van der Waals surface area contributed by atoms with Crippen molar-refractivity contribution < 1.29 is 4.74 Å². The first-order chi connectivity index (χ1) is 8.95. The van der Waals surface area contributed by atoms with Crippen molar-refractivity contribution in [1.29, 1.82) is 0 Å². The number of rotatable bonds is 7. The topological polar surface area (TPSA) is 35.2 Å². The predicted octanol–water partition coefficient (Wildman–Crippen LogP) is 4.01. The quantitative estimate of drug-likeness (QED) is 0.806. The molecule has 0 aromatic heterocycles. The number of hydrogen-bond donors (Lipinski definition) is 1. The molecule has 1 aromatic carbocycles. The summed E-state index contributed by atoms with van der Waals surface area (Å²) in [5, 5.41) is 0. The molecule has 0 amide bonds. The van der Waals surface area contributed by atoms with E-state index in [1.54, 1.807) is 0 Å². The zero-order chi connectivity index (χ0) is 14.4. The highest BCUT2D eigenvalue weighted by Gasteiger charge is 2.11. The van der Waals surface area contributed by atoms with Crippen LogP contribution >= 0.6 is 0 Å². The van der Waals surface area contributed by atoms with E-state index < -0.39 is 0 Å². The zero-order valence-corrected chi connectivity index (χ0v) is 13.1. The van der Waals surface area contributed by atoms with Crippen molar-refractivity contribution in [3.63, 3.8) is 0 Å². The molecule has 0 aliphatic rings. The van der Waals surface area contributed by atoms with Gasteiger partial charge < -0.3 is 10.5 Å². The summed E-state index contributed by atoms with van der Waals surface area (Å²) in [5.41, 5.74) is 9.94. The Morgan fingerprint density at radius 3 is 2.42 bits per heavy atom. The molecule has 0 saturated heterocycles. The molecule has 19 heavy (non-hydrogen) atoms. The molecule has 0 heterocycles. The fourth-order valence-electron chi connectivity index (χ4n) is 2.53. The molecule has 2 unspecified atom stereocenters. The van der Waals surface area contributed by atoms with Gasteiger partial charge in [-0.1, -0.05) is 19.9 Å². The first kappa shape index (κ1) is 16.0. The van der Waals surface area contributed by atoms with Crippen molar-refractivity contribution in [2.75, 3.05) is 6.61 Å². The van der Waals surface area contributed by atoms with Crippen molar-refractivity contribution in [2.45, 2.75) is 59.9 Å². The summed E-state index contributed by atoms with van der Waals surface area (Å²) in [6.07, 6.45) is 3.22. The largest absolute Gasteiger partial charge is 0.493 e. The average molecular weight is 263 g/mol. The van der Waals surface area contributed by atoms with Gasteiger partial charge in [0.05, 0.1) is 6.61 Å².